The lowest BCUT2D eigenvalue weighted by molar-refractivity contribution is -0.151. The molecule has 0 saturated carbocycles. The molecule has 2 aromatic rings. The van der Waals surface area contributed by atoms with E-state index in [1.165, 1.54) is 0 Å². The van der Waals surface area contributed by atoms with Crippen molar-refractivity contribution in [2.75, 3.05) is 18.5 Å². The van der Waals surface area contributed by atoms with Gasteiger partial charge in [0, 0.05) is 19.5 Å². The van der Waals surface area contributed by atoms with Crippen LogP contribution < -0.4 is 5.32 Å². The summed E-state index contributed by atoms with van der Waals surface area (Å²) in [5, 5.41) is 2.98. The van der Waals surface area contributed by atoms with Crippen LogP contribution in [0.1, 0.15) is 12.0 Å². The number of rotatable bonds is 6. The van der Waals surface area contributed by atoms with Crippen molar-refractivity contribution >= 4 is 35.1 Å². The van der Waals surface area contributed by atoms with Crippen molar-refractivity contribution in [1.29, 1.82) is 0 Å². The standard InChI is InChI=1S/C20H19ClN2O4/c21-16-8-4-5-9-17(16)22-18(24)13-27-20(26)15-10-19(25)23(12-15)11-14-6-2-1-3-7-14/h1-9,15H,10-13H2,(H,22,24)/t15-/m0/s1. The molecule has 2 aromatic carbocycles. The minimum atomic E-state index is -0.561. The molecule has 1 N–H and O–H groups in total. The van der Waals surface area contributed by atoms with E-state index in [9.17, 15) is 14.4 Å². The first kappa shape index (κ1) is 18.9. The molecule has 0 radical (unpaired) electrons. The van der Waals surface area contributed by atoms with Gasteiger partial charge >= 0.3 is 5.97 Å². The van der Waals surface area contributed by atoms with E-state index in [2.05, 4.69) is 5.32 Å². The van der Waals surface area contributed by atoms with Crippen LogP contribution in [-0.4, -0.2) is 35.8 Å². The number of halogens is 1. The molecule has 0 aromatic heterocycles. The molecule has 0 spiro atoms. The second-order valence-electron chi connectivity index (χ2n) is 6.30. The Kier molecular flexibility index (Phi) is 6.08. The van der Waals surface area contributed by atoms with Crippen LogP contribution in [0.4, 0.5) is 5.69 Å². The van der Waals surface area contributed by atoms with Crippen LogP contribution in [0.2, 0.25) is 5.02 Å². The van der Waals surface area contributed by atoms with E-state index in [-0.39, 0.29) is 12.3 Å². The van der Waals surface area contributed by atoms with E-state index in [0.717, 1.165) is 5.56 Å². The highest BCUT2D eigenvalue weighted by Crippen LogP contribution is 2.22. The number of likely N-dealkylation sites (tertiary alicyclic amines) is 1. The lowest BCUT2D eigenvalue weighted by Crippen LogP contribution is -2.28. The Balaban J connectivity index is 1.48. The number of nitrogens with zero attached hydrogens (tertiary/aromatic N) is 1. The molecule has 3 rings (SSSR count). The summed E-state index contributed by atoms with van der Waals surface area (Å²) in [6, 6.07) is 16.3. The number of carbonyl (C=O) groups is 3. The van der Waals surface area contributed by atoms with Gasteiger partial charge in [-0.2, -0.15) is 0 Å². The monoisotopic (exact) mass is 386 g/mol. The minimum absolute atomic E-state index is 0.0950. The molecule has 1 aliphatic rings. The summed E-state index contributed by atoms with van der Waals surface area (Å²) in [7, 11) is 0. The Morgan fingerprint density at radius 3 is 2.56 bits per heavy atom. The van der Waals surface area contributed by atoms with Crippen LogP contribution in [0.5, 0.6) is 0 Å². The normalized spacial score (nSPS) is 16.3. The molecular formula is C20H19ClN2O4. The molecule has 7 heteroatoms. The molecule has 1 saturated heterocycles. The topological polar surface area (TPSA) is 75.7 Å². The van der Waals surface area contributed by atoms with Crippen molar-refractivity contribution in [2.24, 2.45) is 5.92 Å². The Morgan fingerprint density at radius 2 is 1.81 bits per heavy atom. The van der Waals surface area contributed by atoms with E-state index in [1.807, 2.05) is 30.3 Å². The van der Waals surface area contributed by atoms with Gasteiger partial charge in [-0.3, -0.25) is 14.4 Å². The summed E-state index contributed by atoms with van der Waals surface area (Å²) < 4.78 is 5.07. The largest absolute Gasteiger partial charge is 0.455 e. The maximum absolute atomic E-state index is 12.2. The molecule has 0 bridgehead atoms. The van der Waals surface area contributed by atoms with Gasteiger partial charge in [-0.25, -0.2) is 0 Å². The summed E-state index contributed by atoms with van der Waals surface area (Å²) in [6.45, 7) is 0.322. The van der Waals surface area contributed by atoms with Gasteiger partial charge in [-0.05, 0) is 17.7 Å². The average molecular weight is 387 g/mol. The summed E-state index contributed by atoms with van der Waals surface area (Å²) in [5.74, 6) is -1.69. The lowest BCUT2D eigenvalue weighted by Gasteiger charge is -2.16. The number of hydrogen-bond donors (Lipinski definition) is 1. The zero-order chi connectivity index (χ0) is 19.2. The van der Waals surface area contributed by atoms with E-state index in [4.69, 9.17) is 16.3 Å². The van der Waals surface area contributed by atoms with Gasteiger partial charge in [0.15, 0.2) is 6.61 Å². The number of benzene rings is 2. The average Bonchev–Trinajstić information content (AvgIpc) is 3.03. The van der Waals surface area contributed by atoms with Crippen molar-refractivity contribution < 1.29 is 19.1 Å². The summed E-state index contributed by atoms with van der Waals surface area (Å²) in [4.78, 5) is 37.9. The van der Waals surface area contributed by atoms with Gasteiger partial charge in [-0.1, -0.05) is 54.1 Å². The number of anilines is 1. The maximum Gasteiger partial charge on any atom is 0.311 e. The molecule has 27 heavy (non-hydrogen) atoms. The quantitative estimate of drug-likeness (QED) is 0.774. The highest BCUT2D eigenvalue weighted by Gasteiger charge is 2.35. The first-order valence-corrected chi connectivity index (χ1v) is 8.93. The molecule has 1 heterocycles. The van der Waals surface area contributed by atoms with Gasteiger partial charge in [0.1, 0.15) is 0 Å². The molecule has 1 fully saturated rings. The Morgan fingerprint density at radius 1 is 1.11 bits per heavy atom. The molecule has 1 aliphatic heterocycles. The fourth-order valence-electron chi connectivity index (χ4n) is 2.89. The van der Waals surface area contributed by atoms with Crippen LogP contribution in [0.15, 0.2) is 54.6 Å². The Labute approximate surface area is 162 Å². The third-order valence-electron chi connectivity index (χ3n) is 4.26. The summed E-state index contributed by atoms with van der Waals surface area (Å²) in [5.41, 5.74) is 1.45. The Hall–Kier alpha value is -2.86. The number of para-hydroxylation sites is 1. The highest BCUT2D eigenvalue weighted by molar-refractivity contribution is 6.33. The van der Waals surface area contributed by atoms with E-state index >= 15 is 0 Å². The van der Waals surface area contributed by atoms with Crippen LogP contribution >= 0.6 is 11.6 Å². The van der Waals surface area contributed by atoms with Gasteiger partial charge in [0.05, 0.1) is 16.6 Å². The predicted molar refractivity (Wildman–Crippen MR) is 101 cm³/mol. The number of amides is 2. The number of hydrogen-bond acceptors (Lipinski definition) is 4. The first-order valence-electron chi connectivity index (χ1n) is 8.55. The predicted octanol–water partition coefficient (Wildman–Crippen LogP) is 2.87. The molecule has 1 atom stereocenters. The van der Waals surface area contributed by atoms with Crippen molar-refractivity contribution in [3.8, 4) is 0 Å². The van der Waals surface area contributed by atoms with Crippen LogP contribution in [0.3, 0.4) is 0 Å². The third-order valence-corrected chi connectivity index (χ3v) is 4.59. The number of esters is 1. The fraction of sp³-hybridized carbons (Fsp3) is 0.250. The van der Waals surface area contributed by atoms with Gasteiger partial charge in [-0.15, -0.1) is 0 Å². The van der Waals surface area contributed by atoms with E-state index < -0.39 is 24.4 Å². The molecular weight excluding hydrogens is 368 g/mol. The number of carbonyl (C=O) groups excluding carboxylic acids is 3. The minimum Gasteiger partial charge on any atom is -0.455 e. The number of ether oxygens (including phenoxy) is 1. The van der Waals surface area contributed by atoms with Crippen LogP contribution in [-0.2, 0) is 25.7 Å². The first-order chi connectivity index (χ1) is 13.0. The van der Waals surface area contributed by atoms with Crippen LogP contribution in [0, 0.1) is 5.92 Å². The molecule has 0 unspecified atom stereocenters. The SMILES string of the molecule is O=C(COC(=O)[C@H]1CC(=O)N(Cc2ccccc2)C1)Nc1ccccc1Cl. The third kappa shape index (κ3) is 5.08. The molecule has 0 aliphatic carbocycles. The van der Waals surface area contributed by atoms with Crippen molar-refractivity contribution in [1.82, 2.24) is 4.90 Å². The van der Waals surface area contributed by atoms with Crippen molar-refractivity contribution in [2.45, 2.75) is 13.0 Å². The molecule has 140 valence electrons. The van der Waals surface area contributed by atoms with Crippen molar-refractivity contribution in [3.63, 3.8) is 0 Å². The summed E-state index contributed by atoms with van der Waals surface area (Å²) in [6.07, 6.45) is 0.0950. The second kappa shape index (κ2) is 8.68. The lowest BCUT2D eigenvalue weighted by atomic mass is 10.1. The molecule has 2 amide bonds. The smallest absolute Gasteiger partial charge is 0.311 e. The van der Waals surface area contributed by atoms with E-state index in [0.29, 0.717) is 23.8 Å². The maximum atomic E-state index is 12.2. The zero-order valence-corrected chi connectivity index (χ0v) is 15.3. The fourth-order valence-corrected chi connectivity index (χ4v) is 3.07. The van der Waals surface area contributed by atoms with Crippen LogP contribution in [0.25, 0.3) is 0 Å². The van der Waals surface area contributed by atoms with Gasteiger partial charge in [0.2, 0.25) is 5.91 Å². The van der Waals surface area contributed by atoms with Gasteiger partial charge < -0.3 is 15.0 Å². The summed E-state index contributed by atoms with van der Waals surface area (Å²) >= 11 is 5.97. The number of nitrogens with one attached hydrogen (secondary N) is 1. The van der Waals surface area contributed by atoms with E-state index in [1.54, 1.807) is 29.2 Å². The Bertz CT molecular complexity index is 841. The van der Waals surface area contributed by atoms with Crippen molar-refractivity contribution in [3.05, 3.63) is 65.2 Å². The van der Waals surface area contributed by atoms with Gasteiger partial charge in [0.25, 0.3) is 5.91 Å². The zero-order valence-electron chi connectivity index (χ0n) is 14.6. The highest BCUT2D eigenvalue weighted by atomic mass is 35.5. The second-order valence-corrected chi connectivity index (χ2v) is 6.70. The molecule has 6 nitrogen and oxygen atoms in total.